The predicted molar refractivity (Wildman–Crippen MR) is 72.1 cm³/mol. The number of carbonyl (C=O) groups is 1. The second-order valence-electron chi connectivity index (χ2n) is 4.20. The van der Waals surface area contributed by atoms with Crippen LogP contribution in [0.3, 0.4) is 0 Å². The zero-order chi connectivity index (χ0) is 12.7. The fraction of sp³-hybridized carbons (Fsp3) is 0.462. The topological polar surface area (TPSA) is 63.3 Å². The summed E-state index contributed by atoms with van der Waals surface area (Å²) in [6, 6.07) is 8.40. The van der Waals surface area contributed by atoms with E-state index in [1.807, 2.05) is 0 Å². The lowest BCUT2D eigenvalue weighted by Gasteiger charge is -2.11. The molecular formula is C13H19NO2S. The van der Waals surface area contributed by atoms with Gasteiger partial charge in [0.25, 0.3) is 0 Å². The number of rotatable bonds is 7. The summed E-state index contributed by atoms with van der Waals surface area (Å²) in [5.41, 5.74) is 8.07. The third-order valence-corrected chi connectivity index (χ3v) is 3.78. The zero-order valence-electron chi connectivity index (χ0n) is 10.1. The van der Waals surface area contributed by atoms with E-state index >= 15 is 0 Å². The Kier molecular flexibility index (Phi) is 6.08. The molecule has 3 nitrogen and oxygen atoms in total. The summed E-state index contributed by atoms with van der Waals surface area (Å²) in [5.74, 6) is 1.02. The van der Waals surface area contributed by atoms with Crippen molar-refractivity contribution in [2.75, 3.05) is 12.3 Å². The van der Waals surface area contributed by atoms with Crippen LogP contribution < -0.4 is 5.73 Å². The van der Waals surface area contributed by atoms with E-state index in [-0.39, 0.29) is 12.3 Å². The van der Waals surface area contributed by atoms with Crippen molar-refractivity contribution in [1.29, 1.82) is 0 Å². The molecule has 3 N–H and O–H groups in total. The number of carboxylic acid groups (broad SMARTS) is 1. The molecule has 0 aliphatic heterocycles. The van der Waals surface area contributed by atoms with E-state index in [1.165, 1.54) is 11.1 Å². The van der Waals surface area contributed by atoms with E-state index in [4.69, 9.17) is 10.8 Å². The van der Waals surface area contributed by atoms with Gasteiger partial charge in [-0.2, -0.15) is 11.8 Å². The molecule has 1 aromatic rings. The van der Waals surface area contributed by atoms with Gasteiger partial charge in [0.1, 0.15) is 0 Å². The number of carboxylic acids is 1. The lowest BCUT2D eigenvalue weighted by atomic mass is 10.1. The fourth-order valence-corrected chi connectivity index (χ4v) is 2.62. The van der Waals surface area contributed by atoms with Crippen LogP contribution in [0.25, 0.3) is 0 Å². The summed E-state index contributed by atoms with van der Waals surface area (Å²) in [7, 11) is 0. The minimum Gasteiger partial charge on any atom is -0.481 e. The Morgan fingerprint density at radius 2 is 2.06 bits per heavy atom. The Hall–Kier alpha value is -1.00. The second-order valence-corrected chi connectivity index (χ2v) is 5.23. The third kappa shape index (κ3) is 5.75. The Morgan fingerprint density at radius 1 is 1.41 bits per heavy atom. The molecule has 94 valence electrons. The van der Waals surface area contributed by atoms with Gasteiger partial charge >= 0.3 is 5.97 Å². The summed E-state index contributed by atoms with van der Waals surface area (Å²) in [5, 5.41) is 8.70. The van der Waals surface area contributed by atoms with Gasteiger partial charge in [-0.15, -0.1) is 0 Å². The first-order chi connectivity index (χ1) is 8.11. The van der Waals surface area contributed by atoms with Gasteiger partial charge in [-0.05, 0) is 30.7 Å². The molecule has 0 aromatic heterocycles. The molecule has 0 aliphatic carbocycles. The number of nitrogens with two attached hydrogens (primary N) is 1. The summed E-state index contributed by atoms with van der Waals surface area (Å²) < 4.78 is 0. The van der Waals surface area contributed by atoms with Gasteiger partial charge in [0, 0.05) is 5.75 Å². The maximum Gasteiger partial charge on any atom is 0.303 e. The van der Waals surface area contributed by atoms with Gasteiger partial charge in [-0.25, -0.2) is 0 Å². The van der Waals surface area contributed by atoms with E-state index in [0.29, 0.717) is 6.54 Å². The number of benzene rings is 1. The number of thioether (sulfide) groups is 1. The molecule has 0 bridgehead atoms. The third-order valence-electron chi connectivity index (χ3n) is 2.54. The summed E-state index contributed by atoms with van der Waals surface area (Å²) in [6.07, 6.45) is 0.164. The molecule has 0 saturated carbocycles. The highest BCUT2D eigenvalue weighted by Gasteiger charge is 2.11. The molecule has 1 aromatic carbocycles. The quantitative estimate of drug-likeness (QED) is 0.782. The Labute approximate surface area is 106 Å². The highest BCUT2D eigenvalue weighted by Crippen LogP contribution is 2.17. The van der Waals surface area contributed by atoms with Gasteiger partial charge in [-0.3, -0.25) is 4.79 Å². The zero-order valence-corrected chi connectivity index (χ0v) is 10.9. The van der Waals surface area contributed by atoms with Crippen molar-refractivity contribution < 1.29 is 9.90 Å². The molecular weight excluding hydrogens is 234 g/mol. The normalized spacial score (nSPS) is 12.4. The molecule has 0 heterocycles. The second kappa shape index (κ2) is 7.35. The lowest BCUT2D eigenvalue weighted by Crippen LogP contribution is -2.20. The standard InChI is InChI=1S/C13H19NO2S/c1-10-2-4-11(5-3-10)8-17-9-12(7-14)6-13(15)16/h2-5,12H,6-9,14H2,1H3,(H,15,16). The smallest absolute Gasteiger partial charge is 0.303 e. The van der Waals surface area contributed by atoms with E-state index in [0.717, 1.165) is 11.5 Å². The highest BCUT2D eigenvalue weighted by atomic mass is 32.2. The van der Waals surface area contributed by atoms with Crippen molar-refractivity contribution in [1.82, 2.24) is 0 Å². The Morgan fingerprint density at radius 3 is 2.59 bits per heavy atom. The first-order valence-corrected chi connectivity index (χ1v) is 6.82. The molecule has 0 spiro atoms. The van der Waals surface area contributed by atoms with Crippen LogP contribution in [0.2, 0.25) is 0 Å². The minimum atomic E-state index is -0.767. The molecule has 17 heavy (non-hydrogen) atoms. The molecule has 1 atom stereocenters. The summed E-state index contributed by atoms with van der Waals surface area (Å²) in [6.45, 7) is 2.50. The molecule has 1 unspecified atom stereocenters. The van der Waals surface area contributed by atoms with Crippen LogP contribution >= 0.6 is 11.8 Å². The van der Waals surface area contributed by atoms with E-state index in [1.54, 1.807) is 11.8 Å². The minimum absolute atomic E-state index is 0.0722. The average molecular weight is 253 g/mol. The van der Waals surface area contributed by atoms with E-state index in [2.05, 4.69) is 31.2 Å². The van der Waals surface area contributed by atoms with Crippen LogP contribution in [-0.2, 0) is 10.5 Å². The Bertz CT molecular complexity index is 351. The number of aryl methyl sites for hydroxylation is 1. The van der Waals surface area contributed by atoms with Crippen LogP contribution in [0.1, 0.15) is 17.5 Å². The van der Waals surface area contributed by atoms with Gasteiger partial charge in [0.15, 0.2) is 0 Å². The molecule has 1 rings (SSSR count). The number of hydrogen-bond acceptors (Lipinski definition) is 3. The average Bonchev–Trinajstić information content (AvgIpc) is 2.30. The van der Waals surface area contributed by atoms with Gasteiger partial charge < -0.3 is 10.8 Å². The van der Waals surface area contributed by atoms with Crippen molar-refractivity contribution in [2.45, 2.75) is 19.1 Å². The first kappa shape index (κ1) is 14.1. The van der Waals surface area contributed by atoms with Crippen LogP contribution in [0.4, 0.5) is 0 Å². The summed E-state index contributed by atoms with van der Waals surface area (Å²) >= 11 is 1.74. The van der Waals surface area contributed by atoms with Crippen molar-refractivity contribution in [3.05, 3.63) is 35.4 Å². The maximum absolute atomic E-state index is 10.6. The van der Waals surface area contributed by atoms with Crippen molar-refractivity contribution in [3.8, 4) is 0 Å². The lowest BCUT2D eigenvalue weighted by molar-refractivity contribution is -0.137. The number of hydrogen-bond donors (Lipinski definition) is 2. The van der Waals surface area contributed by atoms with Gasteiger partial charge in [0.05, 0.1) is 6.42 Å². The molecule has 0 fully saturated rings. The van der Waals surface area contributed by atoms with E-state index < -0.39 is 5.97 Å². The van der Waals surface area contributed by atoms with Crippen molar-refractivity contribution >= 4 is 17.7 Å². The first-order valence-electron chi connectivity index (χ1n) is 5.67. The van der Waals surface area contributed by atoms with Crippen molar-refractivity contribution in [3.63, 3.8) is 0 Å². The highest BCUT2D eigenvalue weighted by molar-refractivity contribution is 7.98. The van der Waals surface area contributed by atoms with Crippen LogP contribution in [0.15, 0.2) is 24.3 Å². The summed E-state index contributed by atoms with van der Waals surface area (Å²) in [4.78, 5) is 10.6. The monoisotopic (exact) mass is 253 g/mol. The number of aliphatic carboxylic acids is 1. The fourth-order valence-electron chi connectivity index (χ4n) is 1.48. The molecule has 4 heteroatoms. The SMILES string of the molecule is Cc1ccc(CSCC(CN)CC(=O)O)cc1. The molecule has 0 radical (unpaired) electrons. The maximum atomic E-state index is 10.6. The predicted octanol–water partition coefficient (Wildman–Crippen LogP) is 2.28. The van der Waals surface area contributed by atoms with Crippen LogP contribution in [0, 0.1) is 12.8 Å². The van der Waals surface area contributed by atoms with Gasteiger partial charge in [0.2, 0.25) is 0 Å². The van der Waals surface area contributed by atoms with E-state index in [9.17, 15) is 4.79 Å². The molecule has 0 amide bonds. The Balaban J connectivity index is 2.30. The van der Waals surface area contributed by atoms with Crippen LogP contribution in [-0.4, -0.2) is 23.4 Å². The molecule has 0 saturated heterocycles. The largest absolute Gasteiger partial charge is 0.481 e. The van der Waals surface area contributed by atoms with Gasteiger partial charge in [-0.1, -0.05) is 29.8 Å². The molecule has 0 aliphatic rings. The van der Waals surface area contributed by atoms with Crippen LogP contribution in [0.5, 0.6) is 0 Å². The van der Waals surface area contributed by atoms with Crippen molar-refractivity contribution in [2.24, 2.45) is 11.7 Å².